The summed E-state index contributed by atoms with van der Waals surface area (Å²) in [5.74, 6) is 2.09. The number of hydrogen-bond donors (Lipinski definition) is 1. The molecule has 0 radical (unpaired) electrons. The minimum absolute atomic E-state index is 0.311. The van der Waals surface area contributed by atoms with Crippen LogP contribution in [0.5, 0.6) is 5.75 Å². The highest BCUT2D eigenvalue weighted by atomic mass is 127. The zero-order chi connectivity index (χ0) is 19.6. The van der Waals surface area contributed by atoms with Gasteiger partial charge in [-0.05, 0) is 100 Å². The number of benzene rings is 2. The van der Waals surface area contributed by atoms with Gasteiger partial charge in [-0.1, -0.05) is 19.8 Å². The Labute approximate surface area is 178 Å². The predicted molar refractivity (Wildman–Crippen MR) is 118 cm³/mol. The Morgan fingerprint density at radius 3 is 2.54 bits per heavy atom. The maximum atomic E-state index is 5.28. The van der Waals surface area contributed by atoms with E-state index in [1.807, 2.05) is 28.9 Å². The number of rotatable bonds is 5. The molecule has 0 unspecified atom stereocenters. The summed E-state index contributed by atoms with van der Waals surface area (Å²) in [6.45, 7) is 2.30. The van der Waals surface area contributed by atoms with Gasteiger partial charge in [0.25, 0.3) is 0 Å². The zero-order valence-corrected chi connectivity index (χ0v) is 18.3. The topological polar surface area (TPSA) is 64.9 Å². The molecule has 146 valence electrons. The lowest BCUT2D eigenvalue weighted by Gasteiger charge is -2.42. The molecule has 4 rings (SSSR count). The maximum absolute atomic E-state index is 5.28. The van der Waals surface area contributed by atoms with E-state index >= 15 is 0 Å². The van der Waals surface area contributed by atoms with Crippen LogP contribution in [0.3, 0.4) is 0 Å². The summed E-state index contributed by atoms with van der Waals surface area (Å²) in [5, 5.41) is 16.7. The van der Waals surface area contributed by atoms with E-state index in [1.165, 1.54) is 9.99 Å². The monoisotopic (exact) mass is 489 g/mol. The number of ether oxygens (including phenoxy) is 1. The molecular formula is C21H24IN5O. The molecule has 0 bridgehead atoms. The van der Waals surface area contributed by atoms with Crippen LogP contribution in [0.4, 0.5) is 5.69 Å². The molecule has 0 aliphatic heterocycles. The lowest BCUT2D eigenvalue weighted by Crippen LogP contribution is -2.46. The van der Waals surface area contributed by atoms with E-state index in [0.717, 1.165) is 42.2 Å². The summed E-state index contributed by atoms with van der Waals surface area (Å²) in [7, 11) is 1.67. The number of tetrazole rings is 1. The average molecular weight is 489 g/mol. The van der Waals surface area contributed by atoms with Crippen molar-refractivity contribution in [2.45, 2.75) is 38.1 Å². The molecule has 1 saturated carbocycles. The summed E-state index contributed by atoms with van der Waals surface area (Å²) < 4.78 is 8.37. The van der Waals surface area contributed by atoms with E-state index < -0.39 is 0 Å². The van der Waals surface area contributed by atoms with Crippen LogP contribution in [0.15, 0.2) is 48.5 Å². The third kappa shape index (κ3) is 3.59. The molecule has 2 atom stereocenters. The number of methoxy groups -OCH3 is 1. The van der Waals surface area contributed by atoms with Gasteiger partial charge in [-0.3, -0.25) is 0 Å². The minimum atomic E-state index is -0.311. The fourth-order valence-corrected chi connectivity index (χ4v) is 4.43. The lowest BCUT2D eigenvalue weighted by molar-refractivity contribution is 0.215. The summed E-state index contributed by atoms with van der Waals surface area (Å²) >= 11 is 2.33. The third-order valence-electron chi connectivity index (χ3n) is 5.70. The smallest absolute Gasteiger partial charge is 0.182 e. The normalized spacial score (nSPS) is 22.0. The van der Waals surface area contributed by atoms with E-state index in [2.05, 4.69) is 74.6 Å². The second-order valence-electron chi connectivity index (χ2n) is 7.36. The van der Waals surface area contributed by atoms with Crippen LogP contribution in [-0.2, 0) is 5.54 Å². The van der Waals surface area contributed by atoms with E-state index in [-0.39, 0.29) is 5.54 Å². The highest BCUT2D eigenvalue weighted by Crippen LogP contribution is 2.43. The summed E-state index contributed by atoms with van der Waals surface area (Å²) in [5.41, 5.74) is 1.72. The van der Waals surface area contributed by atoms with Crippen molar-refractivity contribution in [3.05, 3.63) is 57.9 Å². The Kier molecular flexibility index (Phi) is 5.52. The van der Waals surface area contributed by atoms with Gasteiger partial charge >= 0.3 is 0 Å². The number of nitrogens with one attached hydrogen (secondary N) is 1. The van der Waals surface area contributed by atoms with Crippen LogP contribution in [0.2, 0.25) is 0 Å². The first-order valence-electron chi connectivity index (χ1n) is 9.59. The predicted octanol–water partition coefficient (Wildman–Crippen LogP) is 4.79. The second-order valence-corrected chi connectivity index (χ2v) is 8.61. The molecule has 2 aromatic carbocycles. The number of halogens is 1. The van der Waals surface area contributed by atoms with Gasteiger partial charge in [0.05, 0.1) is 12.8 Å². The Morgan fingerprint density at radius 2 is 1.86 bits per heavy atom. The van der Waals surface area contributed by atoms with E-state index in [9.17, 15) is 0 Å². The highest BCUT2D eigenvalue weighted by molar-refractivity contribution is 14.1. The first-order valence-corrected chi connectivity index (χ1v) is 10.7. The Balaban J connectivity index is 1.77. The largest absolute Gasteiger partial charge is 0.497 e. The molecule has 3 aromatic rings. The molecule has 1 heterocycles. The van der Waals surface area contributed by atoms with E-state index in [4.69, 9.17) is 4.74 Å². The number of nitrogens with zero attached hydrogens (tertiary/aromatic N) is 4. The van der Waals surface area contributed by atoms with E-state index in [0.29, 0.717) is 5.92 Å². The maximum Gasteiger partial charge on any atom is 0.182 e. The van der Waals surface area contributed by atoms with Gasteiger partial charge < -0.3 is 10.1 Å². The van der Waals surface area contributed by atoms with Crippen LogP contribution in [0.1, 0.15) is 38.4 Å². The van der Waals surface area contributed by atoms with Gasteiger partial charge in [-0.25, -0.2) is 0 Å². The van der Waals surface area contributed by atoms with Gasteiger partial charge in [0.2, 0.25) is 0 Å². The Hall–Kier alpha value is -2.16. The van der Waals surface area contributed by atoms with Crippen LogP contribution < -0.4 is 10.1 Å². The van der Waals surface area contributed by atoms with Crippen molar-refractivity contribution >= 4 is 28.3 Å². The van der Waals surface area contributed by atoms with Gasteiger partial charge in [0, 0.05) is 9.26 Å². The molecule has 1 aliphatic carbocycles. The first kappa shape index (κ1) is 19.2. The fourth-order valence-electron chi connectivity index (χ4n) is 4.07. The number of hydrogen-bond acceptors (Lipinski definition) is 5. The molecule has 1 fully saturated rings. The van der Waals surface area contributed by atoms with Crippen molar-refractivity contribution in [2.75, 3.05) is 12.4 Å². The van der Waals surface area contributed by atoms with E-state index in [1.54, 1.807) is 7.11 Å². The van der Waals surface area contributed by atoms with Crippen molar-refractivity contribution in [2.24, 2.45) is 5.92 Å². The molecule has 6 nitrogen and oxygen atoms in total. The van der Waals surface area contributed by atoms with Crippen LogP contribution in [0, 0.1) is 9.49 Å². The quantitative estimate of drug-likeness (QED) is 0.522. The number of anilines is 1. The molecule has 28 heavy (non-hydrogen) atoms. The SMILES string of the molecule is COc1ccc(-n2nnnc2[C@@]2(Nc3ccc(I)cc3)CCCC[C@@H]2C)cc1. The third-order valence-corrected chi connectivity index (χ3v) is 6.42. The molecule has 1 aliphatic rings. The van der Waals surface area contributed by atoms with Crippen molar-refractivity contribution in [3.8, 4) is 11.4 Å². The molecule has 0 spiro atoms. The Morgan fingerprint density at radius 1 is 1.11 bits per heavy atom. The molecule has 1 aromatic heterocycles. The Bertz CT molecular complexity index is 925. The van der Waals surface area contributed by atoms with Crippen LogP contribution >= 0.6 is 22.6 Å². The molecule has 7 heteroatoms. The highest BCUT2D eigenvalue weighted by Gasteiger charge is 2.44. The minimum Gasteiger partial charge on any atom is -0.497 e. The summed E-state index contributed by atoms with van der Waals surface area (Å²) in [4.78, 5) is 0. The molecule has 0 saturated heterocycles. The summed E-state index contributed by atoms with van der Waals surface area (Å²) in [6, 6.07) is 16.4. The molecular weight excluding hydrogens is 465 g/mol. The van der Waals surface area contributed by atoms with Crippen molar-refractivity contribution in [3.63, 3.8) is 0 Å². The number of aromatic nitrogens is 4. The molecule has 0 amide bonds. The zero-order valence-electron chi connectivity index (χ0n) is 16.1. The van der Waals surface area contributed by atoms with Crippen molar-refractivity contribution < 1.29 is 4.74 Å². The van der Waals surface area contributed by atoms with Gasteiger partial charge in [0.1, 0.15) is 11.3 Å². The lowest BCUT2D eigenvalue weighted by atomic mass is 9.72. The van der Waals surface area contributed by atoms with Crippen molar-refractivity contribution in [1.29, 1.82) is 0 Å². The van der Waals surface area contributed by atoms with Gasteiger partial charge in [-0.15, -0.1) is 5.10 Å². The second kappa shape index (κ2) is 8.06. The standard InChI is InChI=1S/C21H24IN5O/c1-15-5-3-4-14-21(15,23-17-8-6-16(22)7-9-17)20-24-25-26-27(20)18-10-12-19(28-2)13-11-18/h6-13,15,23H,3-5,14H2,1-2H3/t15-,21+/m0/s1. The molecule has 1 N–H and O–H groups in total. The average Bonchev–Trinajstić information content (AvgIpc) is 3.22. The van der Waals surface area contributed by atoms with Crippen LogP contribution in [0.25, 0.3) is 5.69 Å². The summed E-state index contributed by atoms with van der Waals surface area (Å²) in [6.07, 6.45) is 4.53. The first-order chi connectivity index (χ1) is 13.6. The van der Waals surface area contributed by atoms with Gasteiger partial charge in [0.15, 0.2) is 5.82 Å². The van der Waals surface area contributed by atoms with Gasteiger partial charge in [-0.2, -0.15) is 4.68 Å². The van der Waals surface area contributed by atoms with Crippen LogP contribution in [-0.4, -0.2) is 27.3 Å². The van der Waals surface area contributed by atoms with Crippen molar-refractivity contribution in [1.82, 2.24) is 20.2 Å². The fraction of sp³-hybridized carbons (Fsp3) is 0.381.